The average Bonchev–Trinajstić information content (AvgIpc) is 2.96. The van der Waals surface area contributed by atoms with Crippen LogP contribution < -0.4 is 9.46 Å². The van der Waals surface area contributed by atoms with Gasteiger partial charge in [0.15, 0.2) is 15.7 Å². The van der Waals surface area contributed by atoms with Crippen LogP contribution in [0.25, 0.3) is 0 Å². The van der Waals surface area contributed by atoms with Crippen LogP contribution in [0.5, 0.6) is 6.01 Å². The Bertz CT molecular complexity index is 950. The Morgan fingerprint density at radius 3 is 2.16 bits per heavy atom. The molecule has 0 radical (unpaired) electrons. The minimum Gasteiger partial charge on any atom is -0.467 e. The summed E-state index contributed by atoms with van der Waals surface area (Å²) in [6.07, 6.45) is 1.06. The maximum Gasteiger partial charge on any atom is 0.316 e. The maximum absolute atomic E-state index is 12.5. The summed E-state index contributed by atoms with van der Waals surface area (Å²) >= 11 is 0. The molecule has 9 nitrogen and oxygen atoms in total. The monoisotopic (exact) mass is 388 g/mol. The largest absolute Gasteiger partial charge is 0.467 e. The van der Waals surface area contributed by atoms with Crippen molar-refractivity contribution in [2.24, 2.45) is 0 Å². The summed E-state index contributed by atoms with van der Waals surface area (Å²) in [7, 11) is -5.79. The van der Waals surface area contributed by atoms with Gasteiger partial charge in [-0.15, -0.1) is 5.10 Å². The second-order valence-electron chi connectivity index (χ2n) is 5.38. The molecular weight excluding hydrogens is 368 g/mol. The molecule has 1 aromatic heterocycles. The molecule has 0 aliphatic carbocycles. The lowest BCUT2D eigenvalue weighted by molar-refractivity contribution is 0.354. The molecule has 0 saturated carbocycles. The zero-order valence-corrected chi connectivity index (χ0v) is 15.9. The molecule has 138 valence electrons. The first-order valence-corrected chi connectivity index (χ1v) is 10.8. The molecular formula is C14H20N4O5S2. The van der Waals surface area contributed by atoms with E-state index in [0.717, 1.165) is 6.26 Å². The number of sulfone groups is 1. The van der Waals surface area contributed by atoms with E-state index in [1.807, 2.05) is 6.92 Å². The third-order valence-corrected chi connectivity index (χ3v) is 6.21. The number of ether oxygens (including phenoxy) is 1. The van der Waals surface area contributed by atoms with Crippen molar-refractivity contribution in [2.45, 2.75) is 36.2 Å². The summed E-state index contributed by atoms with van der Waals surface area (Å²) in [6.45, 7) is 4.01. The van der Waals surface area contributed by atoms with Gasteiger partial charge in [-0.1, -0.05) is 5.10 Å². The predicted molar refractivity (Wildman–Crippen MR) is 90.5 cm³/mol. The molecule has 0 saturated heterocycles. The summed E-state index contributed by atoms with van der Waals surface area (Å²) in [6, 6.07) is 4.64. The number of sulfonamides is 1. The van der Waals surface area contributed by atoms with Crippen molar-refractivity contribution in [1.29, 1.82) is 0 Å². The highest BCUT2D eigenvalue weighted by molar-refractivity contribution is 7.90. The number of nitrogens with zero attached hydrogens (tertiary/aromatic N) is 3. The number of hydrogen-bond acceptors (Lipinski definition) is 7. The van der Waals surface area contributed by atoms with Gasteiger partial charge in [-0.25, -0.2) is 21.6 Å². The molecule has 2 rings (SSSR count). The number of nitrogens with one attached hydrogen (secondary N) is 1. The van der Waals surface area contributed by atoms with E-state index in [1.165, 1.54) is 31.4 Å². The Balaban J connectivity index is 2.28. The Labute approximate surface area is 147 Å². The third kappa shape index (κ3) is 4.17. The van der Waals surface area contributed by atoms with Crippen molar-refractivity contribution in [1.82, 2.24) is 19.5 Å². The molecule has 1 heterocycles. The van der Waals surface area contributed by atoms with E-state index in [-0.39, 0.29) is 9.79 Å². The molecule has 0 aliphatic heterocycles. The topological polar surface area (TPSA) is 120 Å². The van der Waals surface area contributed by atoms with Gasteiger partial charge in [-0.3, -0.25) is 4.57 Å². The van der Waals surface area contributed by atoms with E-state index in [2.05, 4.69) is 14.9 Å². The van der Waals surface area contributed by atoms with Gasteiger partial charge >= 0.3 is 6.01 Å². The summed E-state index contributed by atoms with van der Waals surface area (Å²) in [5.41, 5.74) is 0. The third-order valence-electron chi connectivity index (χ3n) is 3.53. The first-order valence-electron chi connectivity index (χ1n) is 7.39. The van der Waals surface area contributed by atoms with Crippen molar-refractivity contribution in [3.8, 4) is 6.01 Å². The SMILES string of the molecule is CCn1c(OC)nnc1[C@@H](C)NS(=O)(=O)c1ccc(S(C)(=O)=O)cc1. The van der Waals surface area contributed by atoms with Gasteiger partial charge in [0.05, 0.1) is 22.9 Å². The molecule has 0 spiro atoms. The highest BCUT2D eigenvalue weighted by Crippen LogP contribution is 2.20. The van der Waals surface area contributed by atoms with Gasteiger partial charge in [-0.05, 0) is 38.1 Å². The lowest BCUT2D eigenvalue weighted by Gasteiger charge is -2.15. The van der Waals surface area contributed by atoms with Crippen molar-refractivity contribution in [3.05, 3.63) is 30.1 Å². The minimum absolute atomic E-state index is 0.0405. The molecule has 25 heavy (non-hydrogen) atoms. The Hall–Kier alpha value is -1.98. The van der Waals surface area contributed by atoms with Crippen LogP contribution in [-0.4, -0.2) is 45.0 Å². The van der Waals surface area contributed by atoms with Crippen molar-refractivity contribution in [3.63, 3.8) is 0 Å². The summed E-state index contributed by atoms with van der Waals surface area (Å²) in [4.78, 5) is 0.0104. The van der Waals surface area contributed by atoms with Gasteiger partial charge in [0.1, 0.15) is 0 Å². The van der Waals surface area contributed by atoms with Gasteiger partial charge in [-0.2, -0.15) is 0 Å². The van der Waals surface area contributed by atoms with Gasteiger partial charge in [0.2, 0.25) is 10.0 Å². The molecule has 2 aromatic rings. The lowest BCUT2D eigenvalue weighted by atomic mass is 10.3. The van der Waals surface area contributed by atoms with E-state index in [4.69, 9.17) is 4.74 Å². The highest BCUT2D eigenvalue weighted by atomic mass is 32.2. The number of aromatic nitrogens is 3. The number of rotatable bonds is 7. The van der Waals surface area contributed by atoms with E-state index in [0.29, 0.717) is 18.4 Å². The molecule has 0 aliphatic rings. The van der Waals surface area contributed by atoms with Crippen LogP contribution in [0.15, 0.2) is 34.1 Å². The van der Waals surface area contributed by atoms with Crippen molar-refractivity contribution < 1.29 is 21.6 Å². The second kappa shape index (κ2) is 7.10. The Morgan fingerprint density at radius 1 is 1.12 bits per heavy atom. The molecule has 0 unspecified atom stereocenters. The van der Waals surface area contributed by atoms with Gasteiger partial charge in [0.25, 0.3) is 0 Å². The van der Waals surface area contributed by atoms with Crippen molar-refractivity contribution >= 4 is 19.9 Å². The average molecular weight is 388 g/mol. The summed E-state index contributed by atoms with van der Waals surface area (Å²) in [5.74, 6) is 0.413. The normalized spacial score (nSPS) is 13.6. The molecule has 0 amide bonds. The maximum atomic E-state index is 12.5. The lowest BCUT2D eigenvalue weighted by Crippen LogP contribution is -2.29. The fourth-order valence-electron chi connectivity index (χ4n) is 2.29. The van der Waals surface area contributed by atoms with Gasteiger partial charge in [0, 0.05) is 12.8 Å². The van der Waals surface area contributed by atoms with Crippen LogP contribution in [0.3, 0.4) is 0 Å². The van der Waals surface area contributed by atoms with E-state index in [9.17, 15) is 16.8 Å². The standard InChI is InChI=1S/C14H20N4O5S2/c1-5-18-13(15-16-14(18)23-3)10(2)17-25(21,22)12-8-6-11(7-9-12)24(4,19)20/h6-10,17H,5H2,1-4H3/t10-/m1/s1. The van der Waals surface area contributed by atoms with Crippen LogP contribution >= 0.6 is 0 Å². The van der Waals surface area contributed by atoms with Crippen LogP contribution in [0.2, 0.25) is 0 Å². The van der Waals surface area contributed by atoms with Crippen LogP contribution in [-0.2, 0) is 26.4 Å². The minimum atomic E-state index is -3.86. The number of methoxy groups -OCH3 is 1. The molecule has 1 aromatic carbocycles. The fraction of sp³-hybridized carbons (Fsp3) is 0.429. The number of hydrogen-bond donors (Lipinski definition) is 1. The summed E-state index contributed by atoms with van der Waals surface area (Å²) in [5, 5.41) is 7.82. The summed E-state index contributed by atoms with van der Waals surface area (Å²) < 4.78 is 57.2. The highest BCUT2D eigenvalue weighted by Gasteiger charge is 2.24. The smallest absolute Gasteiger partial charge is 0.316 e. The number of benzene rings is 1. The quantitative estimate of drug-likeness (QED) is 0.743. The zero-order chi connectivity index (χ0) is 18.8. The van der Waals surface area contributed by atoms with Gasteiger partial charge < -0.3 is 4.74 Å². The second-order valence-corrected chi connectivity index (χ2v) is 9.11. The first kappa shape index (κ1) is 19.3. The molecule has 0 bridgehead atoms. The van der Waals surface area contributed by atoms with E-state index in [1.54, 1.807) is 11.5 Å². The fourth-order valence-corrected chi connectivity index (χ4v) is 4.12. The molecule has 0 fully saturated rings. The Morgan fingerprint density at radius 2 is 1.68 bits per heavy atom. The predicted octanol–water partition coefficient (Wildman–Crippen LogP) is 0.750. The molecule has 1 atom stereocenters. The molecule has 1 N–H and O–H groups in total. The van der Waals surface area contributed by atoms with E-state index >= 15 is 0 Å². The first-order chi connectivity index (χ1) is 11.6. The van der Waals surface area contributed by atoms with Crippen LogP contribution in [0, 0.1) is 0 Å². The zero-order valence-electron chi connectivity index (χ0n) is 14.3. The van der Waals surface area contributed by atoms with Crippen molar-refractivity contribution in [2.75, 3.05) is 13.4 Å². The Kier molecular flexibility index (Phi) is 5.49. The van der Waals surface area contributed by atoms with Crippen LogP contribution in [0.4, 0.5) is 0 Å². The van der Waals surface area contributed by atoms with Crippen LogP contribution in [0.1, 0.15) is 25.7 Å². The van der Waals surface area contributed by atoms with E-state index < -0.39 is 25.9 Å². The molecule has 11 heteroatoms.